The lowest BCUT2D eigenvalue weighted by Gasteiger charge is -2.28. The van der Waals surface area contributed by atoms with Crippen LogP contribution in [0.3, 0.4) is 0 Å². The molecule has 0 aliphatic carbocycles. The molecule has 0 unspecified atom stereocenters. The second kappa shape index (κ2) is 9.71. The van der Waals surface area contributed by atoms with Gasteiger partial charge in [0.05, 0.1) is 17.7 Å². The molecule has 36 heavy (non-hydrogen) atoms. The predicted octanol–water partition coefficient (Wildman–Crippen LogP) is 5.61. The van der Waals surface area contributed by atoms with Crippen LogP contribution in [0.2, 0.25) is 0 Å². The van der Waals surface area contributed by atoms with Crippen LogP contribution in [-0.4, -0.2) is 37.1 Å². The molecular formula is C26H20FN5O2S2. The normalized spacial score (nSPS) is 13.1. The molecule has 0 bridgehead atoms. The highest BCUT2D eigenvalue weighted by Gasteiger charge is 2.24. The van der Waals surface area contributed by atoms with E-state index in [1.165, 1.54) is 46.4 Å². The van der Waals surface area contributed by atoms with Crippen molar-refractivity contribution in [2.45, 2.75) is 23.9 Å². The number of amides is 1. The first kappa shape index (κ1) is 22.7. The van der Waals surface area contributed by atoms with Crippen LogP contribution >= 0.6 is 23.1 Å². The molecular weight excluding hydrogens is 497 g/mol. The van der Waals surface area contributed by atoms with Crippen LogP contribution in [0.5, 0.6) is 0 Å². The Kier molecular flexibility index (Phi) is 6.12. The molecule has 0 N–H and O–H groups in total. The number of nitrogens with zero attached hydrogens (tertiary/aromatic N) is 5. The van der Waals surface area contributed by atoms with Gasteiger partial charge in [-0.3, -0.25) is 9.36 Å². The number of halogens is 1. The number of hydrogen-bond donors (Lipinski definition) is 0. The molecule has 1 aliphatic rings. The van der Waals surface area contributed by atoms with Crippen molar-refractivity contribution in [2.75, 3.05) is 6.54 Å². The summed E-state index contributed by atoms with van der Waals surface area (Å²) in [6, 6.07) is 18.0. The second-order valence-corrected chi connectivity index (χ2v) is 10.1. The van der Waals surface area contributed by atoms with Crippen molar-refractivity contribution >= 4 is 29.0 Å². The number of fused-ring (bicyclic) bond motifs is 1. The second-order valence-electron chi connectivity index (χ2n) is 8.26. The average Bonchev–Trinajstić information content (AvgIpc) is 3.68. The average molecular weight is 518 g/mol. The van der Waals surface area contributed by atoms with E-state index in [-0.39, 0.29) is 11.7 Å². The van der Waals surface area contributed by atoms with E-state index in [9.17, 15) is 9.18 Å². The van der Waals surface area contributed by atoms with Crippen LogP contribution in [0.25, 0.3) is 17.3 Å². The number of aromatic nitrogens is 4. The lowest BCUT2D eigenvalue weighted by Crippen LogP contribution is -2.36. The van der Waals surface area contributed by atoms with Crippen LogP contribution in [0.4, 0.5) is 4.39 Å². The third-order valence-corrected chi connectivity index (χ3v) is 7.94. The number of carbonyl (C=O) groups excluding carboxylic acids is 1. The van der Waals surface area contributed by atoms with E-state index < -0.39 is 0 Å². The van der Waals surface area contributed by atoms with E-state index in [0.717, 1.165) is 17.1 Å². The molecule has 6 rings (SSSR count). The minimum Gasteiger partial charge on any atom is -0.461 e. The smallest absolute Gasteiger partial charge is 0.273 e. The minimum atomic E-state index is -0.322. The quantitative estimate of drug-likeness (QED) is 0.272. The first-order chi connectivity index (χ1) is 17.7. The summed E-state index contributed by atoms with van der Waals surface area (Å²) in [7, 11) is 0. The first-order valence-electron chi connectivity index (χ1n) is 11.3. The Hall–Kier alpha value is -3.76. The molecule has 0 fully saturated rings. The number of furan rings is 1. The van der Waals surface area contributed by atoms with Crippen molar-refractivity contribution in [3.8, 4) is 17.3 Å². The summed E-state index contributed by atoms with van der Waals surface area (Å²) in [5, 5.41) is 11.9. The molecule has 0 saturated heterocycles. The fourth-order valence-electron chi connectivity index (χ4n) is 4.18. The van der Waals surface area contributed by atoms with Gasteiger partial charge in [-0.25, -0.2) is 9.37 Å². The Labute approximate surface area is 214 Å². The monoisotopic (exact) mass is 517 g/mol. The van der Waals surface area contributed by atoms with Crippen molar-refractivity contribution in [2.24, 2.45) is 0 Å². The molecule has 1 amide bonds. The van der Waals surface area contributed by atoms with Gasteiger partial charge >= 0.3 is 0 Å². The van der Waals surface area contributed by atoms with Gasteiger partial charge < -0.3 is 9.32 Å². The largest absolute Gasteiger partial charge is 0.461 e. The van der Waals surface area contributed by atoms with E-state index in [2.05, 4.69) is 27.3 Å². The van der Waals surface area contributed by atoms with Gasteiger partial charge in [-0.1, -0.05) is 36.0 Å². The maximum Gasteiger partial charge on any atom is 0.273 e. The van der Waals surface area contributed by atoms with Crippen molar-refractivity contribution in [1.29, 1.82) is 0 Å². The third kappa shape index (κ3) is 4.45. The molecule has 0 saturated carbocycles. The lowest BCUT2D eigenvalue weighted by atomic mass is 10.00. The third-order valence-electron chi connectivity index (χ3n) is 5.97. The highest BCUT2D eigenvalue weighted by Crippen LogP contribution is 2.31. The van der Waals surface area contributed by atoms with Crippen molar-refractivity contribution in [3.63, 3.8) is 0 Å². The summed E-state index contributed by atoms with van der Waals surface area (Å²) < 4.78 is 20.9. The Morgan fingerprint density at radius 2 is 1.89 bits per heavy atom. The zero-order chi connectivity index (χ0) is 24.5. The SMILES string of the molecule is O=C(c1csc(CSc2nnc(-c3ccco3)n2-c2ccc(F)cc2)n1)N1CCc2ccccc2C1. The summed E-state index contributed by atoms with van der Waals surface area (Å²) in [4.78, 5) is 19.6. The summed E-state index contributed by atoms with van der Waals surface area (Å²) in [6.07, 6.45) is 2.42. The maximum atomic E-state index is 13.5. The van der Waals surface area contributed by atoms with Crippen molar-refractivity contribution in [1.82, 2.24) is 24.6 Å². The molecule has 180 valence electrons. The zero-order valence-corrected chi connectivity index (χ0v) is 20.6. The molecule has 2 aromatic carbocycles. The van der Waals surface area contributed by atoms with Crippen LogP contribution < -0.4 is 0 Å². The number of rotatable bonds is 6. The highest BCUT2D eigenvalue weighted by atomic mass is 32.2. The van der Waals surface area contributed by atoms with Gasteiger partial charge in [0.1, 0.15) is 16.5 Å². The number of benzene rings is 2. The molecule has 4 heterocycles. The van der Waals surface area contributed by atoms with Gasteiger partial charge in [0, 0.05) is 18.5 Å². The highest BCUT2D eigenvalue weighted by molar-refractivity contribution is 7.98. The fraction of sp³-hybridized carbons (Fsp3) is 0.154. The number of hydrogen-bond acceptors (Lipinski definition) is 7. The van der Waals surface area contributed by atoms with Crippen LogP contribution in [0, 0.1) is 5.82 Å². The van der Waals surface area contributed by atoms with E-state index in [1.54, 1.807) is 30.5 Å². The Bertz CT molecular complexity index is 1510. The van der Waals surface area contributed by atoms with Gasteiger partial charge in [-0.2, -0.15) is 0 Å². The van der Waals surface area contributed by atoms with Crippen molar-refractivity contribution in [3.05, 3.63) is 100.0 Å². The Morgan fingerprint density at radius 3 is 2.69 bits per heavy atom. The molecule has 0 spiro atoms. The summed E-state index contributed by atoms with van der Waals surface area (Å²) in [6.45, 7) is 1.29. The molecule has 0 atom stereocenters. The van der Waals surface area contributed by atoms with Crippen LogP contribution in [0.1, 0.15) is 26.6 Å². The predicted molar refractivity (Wildman–Crippen MR) is 136 cm³/mol. The van der Waals surface area contributed by atoms with E-state index in [4.69, 9.17) is 4.42 Å². The molecule has 5 aromatic rings. The van der Waals surface area contributed by atoms with Crippen molar-refractivity contribution < 1.29 is 13.6 Å². The van der Waals surface area contributed by atoms with Gasteiger partial charge in [-0.05, 0) is 53.9 Å². The van der Waals surface area contributed by atoms with Gasteiger partial charge in [0.2, 0.25) is 5.82 Å². The van der Waals surface area contributed by atoms with Gasteiger partial charge in [0.25, 0.3) is 5.91 Å². The van der Waals surface area contributed by atoms with Gasteiger partial charge in [0.15, 0.2) is 10.9 Å². The lowest BCUT2D eigenvalue weighted by molar-refractivity contribution is 0.0729. The number of carbonyl (C=O) groups is 1. The minimum absolute atomic E-state index is 0.0495. The summed E-state index contributed by atoms with van der Waals surface area (Å²) >= 11 is 2.90. The maximum absolute atomic E-state index is 13.5. The summed E-state index contributed by atoms with van der Waals surface area (Å²) in [5.74, 6) is 1.22. The van der Waals surface area contributed by atoms with E-state index >= 15 is 0 Å². The van der Waals surface area contributed by atoms with Crippen LogP contribution in [0.15, 0.2) is 81.9 Å². The molecule has 10 heteroatoms. The molecule has 3 aromatic heterocycles. The number of thioether (sulfide) groups is 1. The van der Waals surface area contributed by atoms with E-state index in [0.29, 0.717) is 41.3 Å². The number of thiazole rings is 1. The molecule has 1 aliphatic heterocycles. The van der Waals surface area contributed by atoms with E-state index in [1.807, 2.05) is 27.0 Å². The standard InChI is InChI=1S/C26H20FN5O2S2/c27-19-7-9-20(10-8-19)32-24(22-6-3-13-34-22)29-30-26(32)36-16-23-28-21(15-35-23)25(33)31-12-11-17-4-1-2-5-18(17)14-31/h1-10,13,15H,11-12,14,16H2. The Balaban J connectivity index is 1.20. The fourth-order valence-corrected chi connectivity index (χ4v) is 5.92. The topological polar surface area (TPSA) is 77.0 Å². The Morgan fingerprint density at radius 1 is 1.06 bits per heavy atom. The zero-order valence-electron chi connectivity index (χ0n) is 19.0. The summed E-state index contributed by atoms with van der Waals surface area (Å²) in [5.41, 5.74) is 3.67. The van der Waals surface area contributed by atoms with Gasteiger partial charge in [-0.15, -0.1) is 21.5 Å². The van der Waals surface area contributed by atoms with Crippen LogP contribution in [-0.2, 0) is 18.7 Å². The molecule has 7 nitrogen and oxygen atoms in total. The molecule has 0 radical (unpaired) electrons. The first-order valence-corrected chi connectivity index (χ1v) is 13.2.